The number of hydrogen-bond donors (Lipinski definition) is 0. The van der Waals surface area contributed by atoms with Crippen LogP contribution in [0.25, 0.3) is 0 Å². The van der Waals surface area contributed by atoms with Crippen LogP contribution in [-0.4, -0.2) is 18.4 Å². The lowest BCUT2D eigenvalue weighted by Gasteiger charge is -2.21. The summed E-state index contributed by atoms with van der Waals surface area (Å²) in [6.07, 6.45) is 2.78. The van der Waals surface area contributed by atoms with E-state index < -0.39 is 11.8 Å². The summed E-state index contributed by atoms with van der Waals surface area (Å²) in [5.41, 5.74) is -0.471. The highest BCUT2D eigenvalue weighted by atomic mass is 17.5. The molecule has 0 rings (SSSR count). The molecular weight excluding hydrogens is 212 g/mol. The van der Waals surface area contributed by atoms with E-state index in [2.05, 4.69) is 21.6 Å². The Bertz CT molecular complexity index is 191. The molecular formula is C11H22O5. The number of unbranched alkanes of at least 4 members (excludes halogenated alkanes) is 1. The van der Waals surface area contributed by atoms with Gasteiger partial charge in [0.05, 0.1) is 6.61 Å². The molecule has 0 saturated heterocycles. The molecule has 96 valence electrons. The van der Waals surface area contributed by atoms with Gasteiger partial charge in [-0.1, -0.05) is 26.7 Å². The molecule has 0 aliphatic heterocycles. The molecule has 0 amide bonds. The zero-order chi connectivity index (χ0) is 12.4. The van der Waals surface area contributed by atoms with E-state index in [1.807, 2.05) is 20.8 Å². The van der Waals surface area contributed by atoms with Crippen molar-refractivity contribution in [3.05, 3.63) is 0 Å². The molecule has 0 atom stereocenters. The summed E-state index contributed by atoms with van der Waals surface area (Å²) in [5, 5.41) is 4.38. The van der Waals surface area contributed by atoms with Crippen LogP contribution in [-0.2, 0) is 19.6 Å². The van der Waals surface area contributed by atoms with E-state index in [-0.39, 0.29) is 0 Å². The smallest absolute Gasteiger partial charge is 0.432 e. The van der Waals surface area contributed by atoms with Crippen LogP contribution < -0.4 is 0 Å². The zero-order valence-corrected chi connectivity index (χ0v) is 10.6. The van der Waals surface area contributed by atoms with Gasteiger partial charge < -0.3 is 4.74 Å². The molecule has 0 unspecified atom stereocenters. The minimum Gasteiger partial charge on any atom is -0.432 e. The average Bonchev–Trinajstić information content (AvgIpc) is 2.23. The maximum atomic E-state index is 10.9. The second kappa shape index (κ2) is 8.35. The Balaban J connectivity index is 3.59. The minimum atomic E-state index is -0.881. The highest BCUT2D eigenvalue weighted by molar-refractivity contribution is 5.58. The predicted octanol–water partition coefficient (Wildman–Crippen LogP) is 3.38. The Morgan fingerprint density at radius 3 is 2.44 bits per heavy atom. The van der Waals surface area contributed by atoms with Gasteiger partial charge in [0, 0.05) is 0 Å². The van der Waals surface area contributed by atoms with Gasteiger partial charge in [-0.25, -0.2) is 9.68 Å². The van der Waals surface area contributed by atoms with Crippen molar-refractivity contribution in [2.24, 2.45) is 0 Å². The quantitative estimate of drug-likeness (QED) is 0.366. The van der Waals surface area contributed by atoms with Gasteiger partial charge in [0.15, 0.2) is 0 Å². The normalized spacial score (nSPS) is 11.2. The molecule has 0 aromatic heterocycles. The van der Waals surface area contributed by atoms with Crippen LogP contribution in [0.4, 0.5) is 4.79 Å². The third kappa shape index (κ3) is 8.49. The van der Waals surface area contributed by atoms with Crippen LogP contribution in [0.15, 0.2) is 0 Å². The molecule has 0 bridgehead atoms. The Kier molecular flexibility index (Phi) is 7.93. The van der Waals surface area contributed by atoms with E-state index in [4.69, 9.17) is 4.89 Å². The van der Waals surface area contributed by atoms with E-state index in [0.717, 1.165) is 25.7 Å². The van der Waals surface area contributed by atoms with Crippen molar-refractivity contribution in [1.29, 1.82) is 0 Å². The molecule has 0 radical (unpaired) electrons. The SMILES string of the molecule is CCCCC(C)(C)OOOC(=O)OCCC. The maximum absolute atomic E-state index is 10.9. The second-order valence-corrected chi connectivity index (χ2v) is 4.20. The number of carbonyl (C=O) groups is 1. The van der Waals surface area contributed by atoms with Gasteiger partial charge in [-0.2, -0.15) is 4.89 Å². The summed E-state index contributed by atoms with van der Waals surface area (Å²) in [6.45, 7) is 8.02. The summed E-state index contributed by atoms with van der Waals surface area (Å²) in [4.78, 5) is 20.1. The molecule has 0 saturated carbocycles. The van der Waals surface area contributed by atoms with Crippen molar-refractivity contribution in [2.75, 3.05) is 6.61 Å². The van der Waals surface area contributed by atoms with E-state index >= 15 is 0 Å². The summed E-state index contributed by atoms with van der Waals surface area (Å²) in [7, 11) is 0. The fourth-order valence-electron chi connectivity index (χ4n) is 0.991. The van der Waals surface area contributed by atoms with Crippen LogP contribution in [0.3, 0.4) is 0 Å². The molecule has 0 aliphatic carbocycles. The van der Waals surface area contributed by atoms with Gasteiger partial charge in [-0.3, -0.25) is 0 Å². The molecule has 16 heavy (non-hydrogen) atoms. The summed E-state index contributed by atoms with van der Waals surface area (Å²) < 4.78 is 4.62. The van der Waals surface area contributed by atoms with E-state index in [0.29, 0.717) is 6.61 Å². The molecule has 5 heteroatoms. The molecule has 0 spiro atoms. The van der Waals surface area contributed by atoms with Crippen molar-refractivity contribution in [3.8, 4) is 0 Å². The van der Waals surface area contributed by atoms with Crippen LogP contribution in [0.2, 0.25) is 0 Å². The summed E-state index contributed by atoms with van der Waals surface area (Å²) >= 11 is 0. The largest absolute Gasteiger partial charge is 0.542 e. The second-order valence-electron chi connectivity index (χ2n) is 4.20. The fourth-order valence-corrected chi connectivity index (χ4v) is 0.991. The Morgan fingerprint density at radius 1 is 1.19 bits per heavy atom. The summed E-state index contributed by atoms with van der Waals surface area (Å²) in [6, 6.07) is 0. The maximum Gasteiger partial charge on any atom is 0.542 e. The van der Waals surface area contributed by atoms with Gasteiger partial charge in [0.2, 0.25) is 0 Å². The predicted molar refractivity (Wildman–Crippen MR) is 58.5 cm³/mol. The standard InChI is InChI=1S/C11H22O5/c1-5-7-8-11(3,4)15-16-14-10(12)13-9-6-2/h5-9H2,1-4H3. The number of ether oxygens (including phenoxy) is 1. The Labute approximate surface area is 96.9 Å². The molecule has 0 aliphatic rings. The topological polar surface area (TPSA) is 54.0 Å². The van der Waals surface area contributed by atoms with Gasteiger partial charge in [0.25, 0.3) is 0 Å². The van der Waals surface area contributed by atoms with E-state index in [1.165, 1.54) is 0 Å². The lowest BCUT2D eigenvalue weighted by Crippen LogP contribution is -2.25. The van der Waals surface area contributed by atoms with Crippen molar-refractivity contribution in [2.45, 2.75) is 59.0 Å². The number of carbonyl (C=O) groups excluding carboxylic acids is 1. The Hall–Kier alpha value is -0.810. The van der Waals surface area contributed by atoms with Crippen LogP contribution in [0.5, 0.6) is 0 Å². The highest BCUT2D eigenvalue weighted by Gasteiger charge is 2.20. The first-order valence-electron chi connectivity index (χ1n) is 5.71. The van der Waals surface area contributed by atoms with Crippen molar-refractivity contribution in [3.63, 3.8) is 0 Å². The van der Waals surface area contributed by atoms with Crippen LogP contribution >= 0.6 is 0 Å². The van der Waals surface area contributed by atoms with Gasteiger partial charge in [-0.15, -0.1) is 0 Å². The average molecular weight is 234 g/mol. The van der Waals surface area contributed by atoms with E-state index in [9.17, 15) is 4.79 Å². The first-order valence-corrected chi connectivity index (χ1v) is 5.71. The fraction of sp³-hybridized carbons (Fsp3) is 0.909. The van der Waals surface area contributed by atoms with Crippen molar-refractivity contribution >= 4 is 6.16 Å². The van der Waals surface area contributed by atoms with Crippen LogP contribution in [0.1, 0.15) is 53.4 Å². The number of hydrogen-bond acceptors (Lipinski definition) is 5. The highest BCUT2D eigenvalue weighted by Crippen LogP contribution is 2.18. The van der Waals surface area contributed by atoms with E-state index in [1.54, 1.807) is 0 Å². The molecule has 5 nitrogen and oxygen atoms in total. The van der Waals surface area contributed by atoms with Gasteiger partial charge >= 0.3 is 6.16 Å². The van der Waals surface area contributed by atoms with Crippen LogP contribution in [0, 0.1) is 0 Å². The number of rotatable bonds is 8. The third-order valence-electron chi connectivity index (χ3n) is 1.92. The first kappa shape index (κ1) is 15.2. The Morgan fingerprint density at radius 2 is 1.88 bits per heavy atom. The molecule has 0 fully saturated rings. The molecule has 0 aromatic rings. The first-order chi connectivity index (χ1) is 7.52. The summed E-state index contributed by atoms with van der Waals surface area (Å²) in [5.74, 6) is 0. The minimum absolute atomic E-state index is 0.307. The molecule has 0 heterocycles. The monoisotopic (exact) mass is 234 g/mol. The molecule has 0 N–H and O–H groups in total. The van der Waals surface area contributed by atoms with Crippen molar-refractivity contribution in [1.82, 2.24) is 0 Å². The lowest BCUT2D eigenvalue weighted by atomic mass is 10.0. The van der Waals surface area contributed by atoms with Gasteiger partial charge in [0.1, 0.15) is 5.60 Å². The molecule has 0 aromatic carbocycles. The third-order valence-corrected chi connectivity index (χ3v) is 1.92. The zero-order valence-electron chi connectivity index (χ0n) is 10.6. The van der Waals surface area contributed by atoms with Crippen molar-refractivity contribution < 1.29 is 24.3 Å². The van der Waals surface area contributed by atoms with Gasteiger partial charge in [-0.05, 0) is 31.7 Å². The lowest BCUT2D eigenvalue weighted by molar-refractivity contribution is -0.517.